The summed E-state index contributed by atoms with van der Waals surface area (Å²) < 4.78 is 36.5. The van der Waals surface area contributed by atoms with Crippen molar-refractivity contribution < 1.29 is 23.0 Å². The van der Waals surface area contributed by atoms with Gasteiger partial charge in [0.25, 0.3) is 0 Å². The van der Waals surface area contributed by atoms with Crippen LogP contribution in [0.1, 0.15) is 18.4 Å². The van der Waals surface area contributed by atoms with Crippen LogP contribution < -0.4 is 0 Å². The molecule has 1 heterocycles. The average Bonchev–Trinajstić information content (AvgIpc) is 2.55. The lowest BCUT2D eigenvalue weighted by molar-refractivity contribution is -0.147. The van der Waals surface area contributed by atoms with Crippen molar-refractivity contribution in [1.29, 1.82) is 0 Å². The SMILES string of the molecule is COC(=O)[C@@H](F)CN1CCC(OCc2ccc(F)cc2)CC1. The molecule has 1 aliphatic heterocycles. The molecule has 122 valence electrons. The maximum atomic E-state index is 13.5. The molecule has 1 aromatic rings. The molecule has 0 radical (unpaired) electrons. The van der Waals surface area contributed by atoms with Crippen LogP contribution in [0.4, 0.5) is 8.78 Å². The zero-order valence-electron chi connectivity index (χ0n) is 12.6. The number of alkyl halides is 1. The minimum Gasteiger partial charge on any atom is -0.467 e. The van der Waals surface area contributed by atoms with Crippen LogP contribution in [-0.4, -0.2) is 49.9 Å². The van der Waals surface area contributed by atoms with Crippen molar-refractivity contribution in [2.45, 2.75) is 31.7 Å². The van der Waals surface area contributed by atoms with Gasteiger partial charge in [-0.1, -0.05) is 12.1 Å². The Bertz CT molecular complexity index is 473. The Balaban J connectivity index is 1.68. The quantitative estimate of drug-likeness (QED) is 0.756. The second-order valence-electron chi connectivity index (χ2n) is 5.43. The average molecular weight is 313 g/mol. The zero-order chi connectivity index (χ0) is 15.9. The first-order valence-corrected chi connectivity index (χ1v) is 7.39. The predicted molar refractivity (Wildman–Crippen MR) is 77.6 cm³/mol. The summed E-state index contributed by atoms with van der Waals surface area (Å²) in [5.74, 6) is -1.09. The van der Waals surface area contributed by atoms with Gasteiger partial charge in [0.2, 0.25) is 6.17 Å². The standard InChI is InChI=1S/C16H21F2NO3/c1-21-16(20)15(18)10-19-8-6-14(7-9-19)22-11-12-2-4-13(17)5-3-12/h2-5,14-15H,6-11H2,1H3/t15-/m0/s1. The van der Waals surface area contributed by atoms with E-state index >= 15 is 0 Å². The molecular weight excluding hydrogens is 292 g/mol. The van der Waals surface area contributed by atoms with Crippen LogP contribution >= 0.6 is 0 Å². The van der Waals surface area contributed by atoms with Crippen LogP contribution in [0.3, 0.4) is 0 Å². The largest absolute Gasteiger partial charge is 0.467 e. The fourth-order valence-corrected chi connectivity index (χ4v) is 2.48. The van der Waals surface area contributed by atoms with Gasteiger partial charge in [-0.3, -0.25) is 4.90 Å². The lowest BCUT2D eigenvalue weighted by Crippen LogP contribution is -2.42. The van der Waals surface area contributed by atoms with Crippen molar-refractivity contribution in [2.24, 2.45) is 0 Å². The minimum absolute atomic E-state index is 0.0668. The van der Waals surface area contributed by atoms with E-state index in [-0.39, 0.29) is 18.5 Å². The molecular formula is C16H21F2NO3. The Labute approximate surface area is 129 Å². The molecule has 0 aliphatic carbocycles. The van der Waals surface area contributed by atoms with Crippen molar-refractivity contribution in [2.75, 3.05) is 26.7 Å². The second-order valence-corrected chi connectivity index (χ2v) is 5.43. The Hall–Kier alpha value is -1.53. The molecule has 0 bridgehead atoms. The van der Waals surface area contributed by atoms with Crippen molar-refractivity contribution >= 4 is 5.97 Å². The number of ether oxygens (including phenoxy) is 2. The van der Waals surface area contributed by atoms with E-state index in [0.29, 0.717) is 19.7 Å². The second kappa shape index (κ2) is 8.19. The number of carbonyl (C=O) groups is 1. The number of hydrogen-bond acceptors (Lipinski definition) is 4. The molecule has 0 amide bonds. The maximum Gasteiger partial charge on any atom is 0.341 e. The lowest BCUT2D eigenvalue weighted by Gasteiger charge is -2.32. The highest BCUT2D eigenvalue weighted by atomic mass is 19.1. The van der Waals surface area contributed by atoms with E-state index in [2.05, 4.69) is 4.74 Å². The predicted octanol–water partition coefficient (Wildman–Crippen LogP) is 2.32. The molecule has 22 heavy (non-hydrogen) atoms. The fraction of sp³-hybridized carbons (Fsp3) is 0.562. The molecule has 0 unspecified atom stereocenters. The topological polar surface area (TPSA) is 38.8 Å². The zero-order valence-corrected chi connectivity index (χ0v) is 12.6. The summed E-state index contributed by atoms with van der Waals surface area (Å²) in [5.41, 5.74) is 0.929. The normalized spacial score (nSPS) is 18.1. The van der Waals surface area contributed by atoms with E-state index in [4.69, 9.17) is 4.74 Å². The minimum atomic E-state index is -1.60. The molecule has 1 fully saturated rings. The van der Waals surface area contributed by atoms with Crippen molar-refractivity contribution in [3.05, 3.63) is 35.6 Å². The smallest absolute Gasteiger partial charge is 0.341 e. The first-order valence-electron chi connectivity index (χ1n) is 7.39. The van der Waals surface area contributed by atoms with E-state index < -0.39 is 12.1 Å². The summed E-state index contributed by atoms with van der Waals surface area (Å²) >= 11 is 0. The summed E-state index contributed by atoms with van der Waals surface area (Å²) in [6.07, 6.45) is 0.0867. The molecule has 1 aliphatic rings. The number of carbonyl (C=O) groups excluding carboxylic acids is 1. The first-order chi connectivity index (χ1) is 10.6. The van der Waals surface area contributed by atoms with Crippen LogP contribution in [0.15, 0.2) is 24.3 Å². The highest BCUT2D eigenvalue weighted by molar-refractivity contribution is 5.74. The Kier molecular flexibility index (Phi) is 6.27. The van der Waals surface area contributed by atoms with Crippen LogP contribution in [0.5, 0.6) is 0 Å². The van der Waals surface area contributed by atoms with E-state index in [1.807, 2.05) is 4.90 Å². The third-order valence-corrected chi connectivity index (χ3v) is 3.81. The van der Waals surface area contributed by atoms with Crippen molar-refractivity contribution in [3.8, 4) is 0 Å². The number of methoxy groups -OCH3 is 1. The first kappa shape index (κ1) is 16.8. The molecule has 0 saturated carbocycles. The summed E-state index contributed by atoms with van der Waals surface area (Å²) in [5, 5.41) is 0. The molecule has 2 rings (SSSR count). The van der Waals surface area contributed by atoms with Gasteiger partial charge in [-0.2, -0.15) is 0 Å². The van der Waals surface area contributed by atoms with Crippen molar-refractivity contribution in [3.63, 3.8) is 0 Å². The monoisotopic (exact) mass is 313 g/mol. The molecule has 1 aromatic carbocycles. The number of likely N-dealkylation sites (tertiary alicyclic amines) is 1. The Morgan fingerprint density at radius 2 is 1.95 bits per heavy atom. The molecule has 1 atom stereocenters. The van der Waals surface area contributed by atoms with Crippen LogP contribution in [0, 0.1) is 5.82 Å². The number of nitrogens with zero attached hydrogens (tertiary/aromatic N) is 1. The number of benzene rings is 1. The van der Waals surface area contributed by atoms with Gasteiger partial charge in [0.15, 0.2) is 0 Å². The van der Waals surface area contributed by atoms with E-state index in [1.165, 1.54) is 19.2 Å². The van der Waals surface area contributed by atoms with Gasteiger partial charge < -0.3 is 9.47 Å². The highest BCUT2D eigenvalue weighted by Gasteiger charge is 2.25. The van der Waals surface area contributed by atoms with Gasteiger partial charge in [-0.25, -0.2) is 13.6 Å². The van der Waals surface area contributed by atoms with E-state index in [1.54, 1.807) is 12.1 Å². The van der Waals surface area contributed by atoms with Gasteiger partial charge in [0.1, 0.15) is 5.82 Å². The van der Waals surface area contributed by atoms with Crippen LogP contribution in [0.25, 0.3) is 0 Å². The fourth-order valence-electron chi connectivity index (χ4n) is 2.48. The number of esters is 1. The van der Waals surface area contributed by atoms with Gasteiger partial charge in [0.05, 0.1) is 19.8 Å². The highest BCUT2D eigenvalue weighted by Crippen LogP contribution is 2.16. The molecule has 0 N–H and O–H groups in total. The van der Waals surface area contributed by atoms with E-state index in [0.717, 1.165) is 18.4 Å². The van der Waals surface area contributed by atoms with Gasteiger partial charge in [0, 0.05) is 19.6 Å². The number of halogens is 2. The molecule has 0 spiro atoms. The number of rotatable bonds is 6. The third kappa shape index (κ3) is 5.03. The summed E-state index contributed by atoms with van der Waals surface area (Å²) in [7, 11) is 1.18. The molecule has 1 saturated heterocycles. The third-order valence-electron chi connectivity index (χ3n) is 3.81. The van der Waals surface area contributed by atoms with E-state index in [9.17, 15) is 13.6 Å². The summed E-state index contributed by atoms with van der Waals surface area (Å²) in [4.78, 5) is 13.0. The van der Waals surface area contributed by atoms with Crippen LogP contribution in [-0.2, 0) is 20.9 Å². The number of hydrogen-bond donors (Lipinski definition) is 0. The molecule has 4 nitrogen and oxygen atoms in total. The number of piperidine rings is 1. The summed E-state index contributed by atoms with van der Waals surface area (Å²) in [6, 6.07) is 6.23. The van der Waals surface area contributed by atoms with Gasteiger partial charge in [-0.15, -0.1) is 0 Å². The Morgan fingerprint density at radius 3 is 2.55 bits per heavy atom. The van der Waals surface area contributed by atoms with Crippen molar-refractivity contribution in [1.82, 2.24) is 4.90 Å². The van der Waals surface area contributed by atoms with Gasteiger partial charge >= 0.3 is 5.97 Å². The summed E-state index contributed by atoms with van der Waals surface area (Å²) in [6.45, 7) is 1.88. The molecule has 0 aromatic heterocycles. The lowest BCUT2D eigenvalue weighted by atomic mass is 10.1. The molecule has 6 heteroatoms. The maximum absolute atomic E-state index is 13.5. The van der Waals surface area contributed by atoms with Gasteiger partial charge in [-0.05, 0) is 30.5 Å². The Morgan fingerprint density at radius 1 is 1.32 bits per heavy atom. The van der Waals surface area contributed by atoms with Crippen LogP contribution in [0.2, 0.25) is 0 Å².